The summed E-state index contributed by atoms with van der Waals surface area (Å²) in [5.41, 5.74) is 2.23. The number of hydrogen-bond acceptors (Lipinski definition) is 1. The average molecular weight is 160 g/mol. The van der Waals surface area contributed by atoms with Gasteiger partial charge in [0, 0.05) is 25.3 Å². The van der Waals surface area contributed by atoms with Crippen LogP contribution in [0.1, 0.15) is 5.56 Å². The van der Waals surface area contributed by atoms with Gasteiger partial charge in [-0.15, -0.1) is 0 Å². The minimum atomic E-state index is 0.474. The maximum Gasteiger partial charge on any atom is 0.239 e. The van der Waals surface area contributed by atoms with Gasteiger partial charge in [0.2, 0.25) is 6.54 Å². The molecule has 0 amide bonds. The minimum Gasteiger partial charge on any atom is -0.378 e. The normalized spacial score (nSPS) is 9.08. The van der Waals surface area contributed by atoms with Crippen LogP contribution in [-0.4, -0.2) is 14.1 Å². The van der Waals surface area contributed by atoms with Gasteiger partial charge in [-0.2, -0.15) is 0 Å². The summed E-state index contributed by atoms with van der Waals surface area (Å²) in [6, 6.07) is 8.03. The van der Waals surface area contributed by atoms with E-state index in [0.29, 0.717) is 6.54 Å². The maximum absolute atomic E-state index is 6.73. The lowest BCUT2D eigenvalue weighted by molar-refractivity contribution is 1.12. The van der Waals surface area contributed by atoms with Crippen molar-refractivity contribution in [3.05, 3.63) is 41.2 Å². The highest BCUT2D eigenvalue weighted by molar-refractivity contribution is 5.47. The van der Waals surface area contributed by atoms with Crippen LogP contribution in [0.25, 0.3) is 4.85 Å². The first kappa shape index (κ1) is 8.61. The van der Waals surface area contributed by atoms with Gasteiger partial charge < -0.3 is 9.74 Å². The first-order chi connectivity index (χ1) is 5.74. The van der Waals surface area contributed by atoms with Crippen molar-refractivity contribution in [2.45, 2.75) is 6.54 Å². The second-order valence-electron chi connectivity index (χ2n) is 2.88. The molecule has 0 aliphatic rings. The number of nitrogens with zero attached hydrogens (tertiary/aromatic N) is 2. The number of anilines is 1. The first-order valence-electron chi connectivity index (χ1n) is 3.83. The molecular formula is C10H12N2. The molecule has 0 atom stereocenters. The molecular weight excluding hydrogens is 148 g/mol. The lowest BCUT2D eigenvalue weighted by atomic mass is 10.2. The van der Waals surface area contributed by atoms with Crippen molar-refractivity contribution in [2.75, 3.05) is 19.0 Å². The zero-order valence-corrected chi connectivity index (χ0v) is 7.41. The monoisotopic (exact) mass is 160 g/mol. The molecule has 0 fully saturated rings. The van der Waals surface area contributed by atoms with E-state index in [1.807, 2.05) is 43.3 Å². The molecule has 0 radical (unpaired) electrons. The quantitative estimate of drug-likeness (QED) is 0.602. The fraction of sp³-hybridized carbons (Fsp3) is 0.300. The van der Waals surface area contributed by atoms with Gasteiger partial charge in [0.05, 0.1) is 0 Å². The third-order valence-corrected chi connectivity index (χ3v) is 1.69. The average Bonchev–Trinajstić information content (AvgIpc) is 2.05. The van der Waals surface area contributed by atoms with Crippen LogP contribution in [-0.2, 0) is 6.54 Å². The zero-order valence-electron chi connectivity index (χ0n) is 7.41. The first-order valence-corrected chi connectivity index (χ1v) is 3.83. The Balaban J connectivity index is 2.90. The Morgan fingerprint density at radius 2 is 2.17 bits per heavy atom. The van der Waals surface area contributed by atoms with Crippen molar-refractivity contribution in [3.63, 3.8) is 0 Å². The van der Waals surface area contributed by atoms with Gasteiger partial charge in [-0.05, 0) is 12.1 Å². The number of benzene rings is 1. The molecule has 2 heteroatoms. The Morgan fingerprint density at radius 1 is 1.42 bits per heavy atom. The van der Waals surface area contributed by atoms with Gasteiger partial charge in [-0.1, -0.05) is 12.1 Å². The lowest BCUT2D eigenvalue weighted by Gasteiger charge is -2.11. The summed E-state index contributed by atoms with van der Waals surface area (Å²) in [7, 11) is 3.99. The summed E-state index contributed by atoms with van der Waals surface area (Å²) in [4.78, 5) is 5.37. The van der Waals surface area contributed by atoms with Gasteiger partial charge in [-0.3, -0.25) is 0 Å². The largest absolute Gasteiger partial charge is 0.378 e. The molecule has 62 valence electrons. The van der Waals surface area contributed by atoms with Crippen LogP contribution in [0, 0.1) is 6.57 Å². The van der Waals surface area contributed by atoms with E-state index < -0.39 is 0 Å². The Bertz CT molecular complexity index is 297. The smallest absolute Gasteiger partial charge is 0.239 e. The molecule has 0 aromatic heterocycles. The second-order valence-corrected chi connectivity index (χ2v) is 2.88. The van der Waals surface area contributed by atoms with Crippen LogP contribution in [0.4, 0.5) is 5.69 Å². The van der Waals surface area contributed by atoms with Crippen LogP contribution in [0.2, 0.25) is 0 Å². The molecule has 1 aromatic carbocycles. The van der Waals surface area contributed by atoms with E-state index in [1.165, 1.54) is 0 Å². The van der Waals surface area contributed by atoms with Gasteiger partial charge in [-0.25, -0.2) is 6.57 Å². The van der Waals surface area contributed by atoms with E-state index in [4.69, 9.17) is 6.57 Å². The van der Waals surface area contributed by atoms with E-state index in [9.17, 15) is 0 Å². The summed E-state index contributed by atoms with van der Waals surface area (Å²) in [6.07, 6.45) is 0. The molecule has 1 rings (SSSR count). The molecule has 0 aliphatic carbocycles. The van der Waals surface area contributed by atoms with Crippen molar-refractivity contribution < 1.29 is 0 Å². The van der Waals surface area contributed by atoms with Gasteiger partial charge >= 0.3 is 0 Å². The maximum atomic E-state index is 6.73. The predicted molar refractivity (Wildman–Crippen MR) is 51.1 cm³/mol. The fourth-order valence-corrected chi connectivity index (χ4v) is 1.02. The van der Waals surface area contributed by atoms with Gasteiger partial charge in [0.25, 0.3) is 0 Å². The van der Waals surface area contributed by atoms with Crippen molar-refractivity contribution in [1.82, 2.24) is 0 Å². The van der Waals surface area contributed by atoms with Crippen molar-refractivity contribution in [1.29, 1.82) is 0 Å². The van der Waals surface area contributed by atoms with E-state index >= 15 is 0 Å². The van der Waals surface area contributed by atoms with E-state index in [2.05, 4.69) is 4.85 Å². The van der Waals surface area contributed by atoms with Gasteiger partial charge in [0.1, 0.15) is 0 Å². The Labute approximate surface area is 73.3 Å². The molecule has 2 nitrogen and oxygen atoms in total. The molecule has 0 aliphatic heterocycles. The van der Waals surface area contributed by atoms with Crippen LogP contribution < -0.4 is 4.90 Å². The van der Waals surface area contributed by atoms with E-state index in [-0.39, 0.29) is 0 Å². The zero-order chi connectivity index (χ0) is 8.97. The standard InChI is InChI=1S/C10H12N2/c1-11-8-9-5-4-6-10(7-9)12(2)3/h4-7H,8H2,2-3H3. The summed E-state index contributed by atoms with van der Waals surface area (Å²) in [5.74, 6) is 0. The lowest BCUT2D eigenvalue weighted by Crippen LogP contribution is -2.08. The summed E-state index contributed by atoms with van der Waals surface area (Å²) < 4.78 is 0. The molecule has 0 bridgehead atoms. The summed E-state index contributed by atoms with van der Waals surface area (Å²) >= 11 is 0. The van der Waals surface area contributed by atoms with Crippen molar-refractivity contribution in [3.8, 4) is 0 Å². The highest BCUT2D eigenvalue weighted by Crippen LogP contribution is 2.13. The molecule has 0 saturated heterocycles. The highest BCUT2D eigenvalue weighted by atomic mass is 15.1. The van der Waals surface area contributed by atoms with Crippen LogP contribution >= 0.6 is 0 Å². The van der Waals surface area contributed by atoms with Crippen LogP contribution in [0.3, 0.4) is 0 Å². The molecule has 1 aromatic rings. The second kappa shape index (κ2) is 3.77. The summed E-state index contributed by atoms with van der Waals surface area (Å²) in [5, 5.41) is 0. The number of hydrogen-bond donors (Lipinski definition) is 0. The Kier molecular flexibility index (Phi) is 2.71. The van der Waals surface area contributed by atoms with Crippen molar-refractivity contribution >= 4 is 5.69 Å². The molecule has 0 saturated carbocycles. The summed E-state index contributed by atoms with van der Waals surface area (Å²) in [6.45, 7) is 7.20. The van der Waals surface area contributed by atoms with E-state index in [1.54, 1.807) is 0 Å². The molecule has 0 spiro atoms. The molecule has 0 heterocycles. The molecule has 12 heavy (non-hydrogen) atoms. The van der Waals surface area contributed by atoms with Crippen LogP contribution in [0.15, 0.2) is 24.3 Å². The van der Waals surface area contributed by atoms with Crippen LogP contribution in [0.5, 0.6) is 0 Å². The Morgan fingerprint density at radius 3 is 2.75 bits per heavy atom. The SMILES string of the molecule is [C-]#[N+]Cc1cccc(N(C)C)c1. The Hall–Kier alpha value is -1.49. The minimum absolute atomic E-state index is 0.474. The van der Waals surface area contributed by atoms with Crippen molar-refractivity contribution in [2.24, 2.45) is 0 Å². The third-order valence-electron chi connectivity index (χ3n) is 1.69. The molecule has 0 unspecified atom stereocenters. The highest BCUT2D eigenvalue weighted by Gasteiger charge is 1.98. The predicted octanol–water partition coefficient (Wildman–Crippen LogP) is 2.17. The van der Waals surface area contributed by atoms with E-state index in [0.717, 1.165) is 11.3 Å². The third kappa shape index (κ3) is 2.00. The fourth-order valence-electron chi connectivity index (χ4n) is 1.02. The number of rotatable bonds is 2. The topological polar surface area (TPSA) is 7.60 Å². The van der Waals surface area contributed by atoms with Gasteiger partial charge in [0.15, 0.2) is 0 Å². The molecule has 0 N–H and O–H groups in total.